The van der Waals surface area contributed by atoms with E-state index >= 15 is 0 Å². The number of allylic oxidation sites excluding steroid dienone is 18. The van der Waals surface area contributed by atoms with Gasteiger partial charge in [0.25, 0.3) is 0 Å². The molecule has 0 aromatic carbocycles. The molecule has 0 aliphatic heterocycles. The minimum Gasteiger partial charge on any atom is -0.462 e. The highest BCUT2D eigenvalue weighted by Gasteiger charge is 2.19. The molecule has 0 N–H and O–H groups in total. The third-order valence-electron chi connectivity index (χ3n) is 9.26. The van der Waals surface area contributed by atoms with E-state index in [1.54, 1.807) is 0 Å². The van der Waals surface area contributed by atoms with E-state index in [0.717, 1.165) is 116 Å². The summed E-state index contributed by atoms with van der Waals surface area (Å²) < 4.78 is 16.6. The molecule has 0 bridgehead atoms. The fourth-order valence-electron chi connectivity index (χ4n) is 5.79. The zero-order chi connectivity index (χ0) is 43.0. The lowest BCUT2D eigenvalue weighted by Gasteiger charge is -2.18. The number of carbonyl (C=O) groups is 3. The Bertz CT molecular complexity index is 1260. The highest BCUT2D eigenvalue weighted by molar-refractivity contribution is 5.71. The highest BCUT2D eigenvalue weighted by atomic mass is 16.6. The molecule has 0 aliphatic carbocycles. The summed E-state index contributed by atoms with van der Waals surface area (Å²) in [6.45, 7) is 6.25. The van der Waals surface area contributed by atoms with Crippen LogP contribution < -0.4 is 0 Å². The largest absolute Gasteiger partial charge is 0.462 e. The van der Waals surface area contributed by atoms with Crippen molar-refractivity contribution in [3.63, 3.8) is 0 Å². The van der Waals surface area contributed by atoms with Crippen LogP contribution in [0, 0.1) is 0 Å². The zero-order valence-electron chi connectivity index (χ0n) is 37.7. The number of rotatable bonds is 40. The molecule has 0 rings (SSSR count). The molecule has 0 heterocycles. The maximum Gasteiger partial charge on any atom is 0.306 e. The fourth-order valence-corrected chi connectivity index (χ4v) is 5.79. The van der Waals surface area contributed by atoms with Crippen LogP contribution in [0.4, 0.5) is 0 Å². The second-order valence-electron chi connectivity index (χ2n) is 14.9. The standard InChI is InChI=1S/C53H84O6/c1-4-7-10-13-16-19-22-25-26-29-31-34-37-40-43-46-52(55)58-49-50(59-53(56)47-44-41-38-35-32-28-24-21-18-15-12-9-6-3)48-57-51(54)45-42-39-36-33-30-27-23-20-17-14-11-8-5-2/h8-9,11-12,16-21,25-28,30,32,38,41,50H,4-7,10,13-15,22-24,29,31,33-37,39-40,42-49H2,1-3H3/b11-8-,12-9-,19-16-,20-17-,21-18-,26-25-,30-27-,32-28-,41-38-. The van der Waals surface area contributed by atoms with Gasteiger partial charge in [0.2, 0.25) is 0 Å². The smallest absolute Gasteiger partial charge is 0.306 e. The zero-order valence-corrected chi connectivity index (χ0v) is 37.7. The Hall–Kier alpha value is -3.93. The van der Waals surface area contributed by atoms with Crippen molar-refractivity contribution in [2.75, 3.05) is 13.2 Å². The van der Waals surface area contributed by atoms with Gasteiger partial charge in [-0.25, -0.2) is 0 Å². The third-order valence-corrected chi connectivity index (χ3v) is 9.26. The average molecular weight is 817 g/mol. The lowest BCUT2D eigenvalue weighted by molar-refractivity contribution is -0.166. The monoisotopic (exact) mass is 817 g/mol. The maximum absolute atomic E-state index is 12.7. The van der Waals surface area contributed by atoms with Gasteiger partial charge in [0.1, 0.15) is 13.2 Å². The first kappa shape index (κ1) is 55.1. The normalized spacial score (nSPS) is 13.1. The average Bonchev–Trinajstić information content (AvgIpc) is 3.23. The third kappa shape index (κ3) is 45.0. The first-order chi connectivity index (χ1) is 29.0. The summed E-state index contributed by atoms with van der Waals surface area (Å²) in [6, 6.07) is 0. The Balaban J connectivity index is 4.56. The molecule has 1 unspecified atom stereocenters. The molecular weight excluding hydrogens is 733 g/mol. The number of esters is 3. The summed E-state index contributed by atoms with van der Waals surface area (Å²) in [6.07, 6.45) is 62.3. The van der Waals surface area contributed by atoms with Crippen LogP contribution in [0.5, 0.6) is 0 Å². The van der Waals surface area contributed by atoms with Gasteiger partial charge in [0.15, 0.2) is 6.10 Å². The van der Waals surface area contributed by atoms with Crippen molar-refractivity contribution in [1.82, 2.24) is 0 Å². The van der Waals surface area contributed by atoms with Crippen LogP contribution in [0.1, 0.15) is 188 Å². The van der Waals surface area contributed by atoms with E-state index in [1.165, 1.54) is 25.7 Å². The Kier molecular flexibility index (Phi) is 43.6. The second kappa shape index (κ2) is 46.8. The van der Waals surface area contributed by atoms with Crippen molar-refractivity contribution in [3.8, 4) is 0 Å². The Morgan fingerprint density at radius 1 is 0.356 bits per heavy atom. The molecule has 0 saturated carbocycles. The number of ether oxygens (including phenoxy) is 3. The molecule has 332 valence electrons. The maximum atomic E-state index is 12.7. The van der Waals surface area contributed by atoms with Crippen LogP contribution in [0.2, 0.25) is 0 Å². The Labute approximate surface area is 361 Å². The molecule has 6 heteroatoms. The Morgan fingerprint density at radius 2 is 0.695 bits per heavy atom. The van der Waals surface area contributed by atoms with Gasteiger partial charge >= 0.3 is 17.9 Å². The number of hydrogen-bond donors (Lipinski definition) is 0. The van der Waals surface area contributed by atoms with E-state index in [-0.39, 0.29) is 31.6 Å². The molecule has 0 amide bonds. The van der Waals surface area contributed by atoms with E-state index in [0.29, 0.717) is 19.3 Å². The lowest BCUT2D eigenvalue weighted by atomic mass is 10.1. The van der Waals surface area contributed by atoms with E-state index < -0.39 is 12.1 Å². The summed E-state index contributed by atoms with van der Waals surface area (Å²) in [7, 11) is 0. The number of hydrogen-bond acceptors (Lipinski definition) is 6. The Morgan fingerprint density at radius 3 is 1.12 bits per heavy atom. The minimum atomic E-state index is -0.834. The van der Waals surface area contributed by atoms with Crippen molar-refractivity contribution in [2.24, 2.45) is 0 Å². The van der Waals surface area contributed by atoms with E-state index in [2.05, 4.69) is 118 Å². The molecular formula is C53H84O6. The van der Waals surface area contributed by atoms with E-state index in [1.807, 2.05) is 12.2 Å². The quantitative estimate of drug-likeness (QED) is 0.0265. The summed E-state index contributed by atoms with van der Waals surface area (Å²) in [5.74, 6) is -1.06. The highest BCUT2D eigenvalue weighted by Crippen LogP contribution is 2.11. The summed E-state index contributed by atoms with van der Waals surface area (Å²) in [5, 5.41) is 0. The predicted molar refractivity (Wildman–Crippen MR) is 251 cm³/mol. The van der Waals surface area contributed by atoms with Crippen molar-refractivity contribution in [2.45, 2.75) is 194 Å². The van der Waals surface area contributed by atoms with Crippen LogP contribution in [0.25, 0.3) is 0 Å². The van der Waals surface area contributed by atoms with Gasteiger partial charge in [-0.15, -0.1) is 0 Å². The molecule has 59 heavy (non-hydrogen) atoms. The van der Waals surface area contributed by atoms with Gasteiger partial charge in [-0.1, -0.05) is 169 Å². The molecule has 0 aromatic rings. The molecule has 6 nitrogen and oxygen atoms in total. The van der Waals surface area contributed by atoms with Crippen LogP contribution >= 0.6 is 0 Å². The topological polar surface area (TPSA) is 78.9 Å². The molecule has 0 saturated heterocycles. The molecule has 0 aliphatic rings. The second-order valence-corrected chi connectivity index (χ2v) is 14.9. The summed E-state index contributed by atoms with van der Waals surface area (Å²) in [4.78, 5) is 37.8. The minimum absolute atomic E-state index is 0.126. The molecule has 1 atom stereocenters. The molecule has 0 radical (unpaired) electrons. The first-order valence-electron chi connectivity index (χ1n) is 23.4. The van der Waals surface area contributed by atoms with Gasteiger partial charge in [-0.2, -0.15) is 0 Å². The van der Waals surface area contributed by atoms with Gasteiger partial charge in [0, 0.05) is 19.3 Å². The van der Waals surface area contributed by atoms with Crippen molar-refractivity contribution < 1.29 is 28.6 Å². The fraction of sp³-hybridized carbons (Fsp3) is 0.604. The number of unbranched alkanes of at least 4 members (excludes halogenated alkanes) is 11. The van der Waals surface area contributed by atoms with Crippen LogP contribution in [-0.2, 0) is 28.6 Å². The van der Waals surface area contributed by atoms with E-state index in [4.69, 9.17) is 14.2 Å². The first-order valence-corrected chi connectivity index (χ1v) is 23.4. The molecule has 0 spiro atoms. The number of carbonyl (C=O) groups excluding carboxylic acids is 3. The van der Waals surface area contributed by atoms with Gasteiger partial charge in [-0.05, 0) is 109 Å². The summed E-state index contributed by atoms with van der Waals surface area (Å²) in [5.41, 5.74) is 0. The lowest BCUT2D eigenvalue weighted by Crippen LogP contribution is -2.30. The SMILES string of the molecule is CC/C=C\C/C=C\C/C=C\C/C=C\CCC(=O)OC(COC(=O)CCCCC/C=C\C/C=C\C/C=C\CC)COC(=O)CCCCCCC/C=C\C/C=C\CCCCC. The van der Waals surface area contributed by atoms with Crippen molar-refractivity contribution in [1.29, 1.82) is 0 Å². The van der Waals surface area contributed by atoms with Crippen LogP contribution in [-0.4, -0.2) is 37.2 Å². The van der Waals surface area contributed by atoms with E-state index in [9.17, 15) is 14.4 Å². The van der Waals surface area contributed by atoms with Gasteiger partial charge in [0.05, 0.1) is 0 Å². The molecule has 0 fully saturated rings. The van der Waals surface area contributed by atoms with Crippen molar-refractivity contribution in [3.05, 3.63) is 109 Å². The predicted octanol–water partition coefficient (Wildman–Crippen LogP) is 15.2. The van der Waals surface area contributed by atoms with Gasteiger partial charge < -0.3 is 14.2 Å². The summed E-state index contributed by atoms with van der Waals surface area (Å²) >= 11 is 0. The van der Waals surface area contributed by atoms with Crippen LogP contribution in [0.3, 0.4) is 0 Å². The van der Waals surface area contributed by atoms with Crippen molar-refractivity contribution >= 4 is 17.9 Å². The van der Waals surface area contributed by atoms with Crippen LogP contribution in [0.15, 0.2) is 109 Å². The molecule has 0 aromatic heterocycles. The van der Waals surface area contributed by atoms with Gasteiger partial charge in [-0.3, -0.25) is 14.4 Å².